The number of rotatable bonds is 7. The molecule has 11 heteroatoms. The summed E-state index contributed by atoms with van der Waals surface area (Å²) in [6.07, 6.45) is 1.39. The second kappa shape index (κ2) is 8.50. The molecule has 0 fully saturated rings. The van der Waals surface area contributed by atoms with E-state index in [2.05, 4.69) is 4.98 Å². The summed E-state index contributed by atoms with van der Waals surface area (Å²) in [4.78, 5) is 15.5. The van der Waals surface area contributed by atoms with Crippen LogP contribution in [0.5, 0.6) is 0 Å². The van der Waals surface area contributed by atoms with Crippen LogP contribution in [0.4, 0.5) is 11.4 Å². The molecule has 0 aliphatic rings. The van der Waals surface area contributed by atoms with Gasteiger partial charge in [-0.15, -0.1) is 11.3 Å². The number of para-hydroxylation sites is 1. The minimum absolute atomic E-state index is 0.127. The van der Waals surface area contributed by atoms with Crippen LogP contribution in [0, 0.1) is 10.1 Å². The van der Waals surface area contributed by atoms with E-state index in [4.69, 9.17) is 16.0 Å². The number of oxazole rings is 1. The third-order valence-electron chi connectivity index (χ3n) is 4.34. The van der Waals surface area contributed by atoms with Gasteiger partial charge in [0.2, 0.25) is 5.89 Å². The number of anilines is 1. The van der Waals surface area contributed by atoms with Crippen LogP contribution < -0.4 is 4.31 Å². The zero-order valence-corrected chi connectivity index (χ0v) is 18.1. The molecule has 0 spiro atoms. The van der Waals surface area contributed by atoms with Crippen LogP contribution in [-0.2, 0) is 16.6 Å². The molecule has 0 bridgehead atoms. The van der Waals surface area contributed by atoms with Gasteiger partial charge in [-0.1, -0.05) is 35.9 Å². The standard InChI is InChI=1S/C20H14ClN3O5S2/c21-17-9-8-16(11-18(17)24(25)26)31(27,28)23(15-5-2-1-3-6-15)12-14-13-29-20(22-14)19-7-4-10-30-19/h1-11,13H,12H2. The first-order chi connectivity index (χ1) is 14.9. The van der Waals surface area contributed by atoms with Crippen LogP contribution in [-0.4, -0.2) is 18.3 Å². The first-order valence-electron chi connectivity index (χ1n) is 8.86. The van der Waals surface area contributed by atoms with Crippen molar-refractivity contribution in [1.82, 2.24) is 4.98 Å². The zero-order chi connectivity index (χ0) is 22.0. The molecule has 4 aromatic rings. The maximum absolute atomic E-state index is 13.5. The number of aromatic nitrogens is 1. The van der Waals surface area contributed by atoms with Crippen LogP contribution in [0.3, 0.4) is 0 Å². The average molecular weight is 476 g/mol. The van der Waals surface area contributed by atoms with Crippen molar-refractivity contribution in [3.63, 3.8) is 0 Å². The molecule has 4 rings (SSSR count). The molecule has 0 atom stereocenters. The lowest BCUT2D eigenvalue weighted by Crippen LogP contribution is -2.30. The summed E-state index contributed by atoms with van der Waals surface area (Å²) in [5.41, 5.74) is 0.275. The van der Waals surface area contributed by atoms with Crippen molar-refractivity contribution in [2.24, 2.45) is 0 Å². The highest BCUT2D eigenvalue weighted by molar-refractivity contribution is 7.92. The smallest absolute Gasteiger partial charge is 0.289 e. The molecule has 0 aliphatic heterocycles. The van der Waals surface area contributed by atoms with Crippen molar-refractivity contribution in [2.75, 3.05) is 4.31 Å². The normalized spacial score (nSPS) is 11.4. The Kier molecular flexibility index (Phi) is 5.77. The summed E-state index contributed by atoms with van der Waals surface area (Å²) in [6, 6.07) is 15.5. The number of benzene rings is 2. The molecule has 8 nitrogen and oxygen atoms in total. The summed E-state index contributed by atoms with van der Waals surface area (Å²) in [5.74, 6) is 0.387. The van der Waals surface area contributed by atoms with E-state index in [0.717, 1.165) is 15.2 Å². The lowest BCUT2D eigenvalue weighted by Gasteiger charge is -2.23. The van der Waals surface area contributed by atoms with E-state index in [0.29, 0.717) is 17.3 Å². The van der Waals surface area contributed by atoms with Gasteiger partial charge in [0, 0.05) is 6.07 Å². The number of nitro benzene ring substituents is 1. The largest absolute Gasteiger partial charge is 0.443 e. The SMILES string of the molecule is O=[N+]([O-])c1cc(S(=O)(=O)N(Cc2coc(-c3cccs3)n2)c2ccccc2)ccc1Cl. The summed E-state index contributed by atoms with van der Waals surface area (Å²) in [7, 11) is -4.18. The summed E-state index contributed by atoms with van der Waals surface area (Å²) in [5, 5.41) is 13.0. The van der Waals surface area contributed by atoms with Crippen LogP contribution in [0.15, 0.2) is 81.6 Å². The van der Waals surface area contributed by atoms with Gasteiger partial charge in [-0.25, -0.2) is 13.4 Å². The van der Waals surface area contributed by atoms with Gasteiger partial charge in [-0.2, -0.15) is 0 Å². The van der Waals surface area contributed by atoms with Gasteiger partial charge in [0.25, 0.3) is 15.7 Å². The Bertz CT molecular complexity index is 1320. The molecular formula is C20H14ClN3O5S2. The van der Waals surface area contributed by atoms with E-state index in [1.54, 1.807) is 30.3 Å². The Balaban J connectivity index is 1.75. The molecule has 0 aliphatic carbocycles. The van der Waals surface area contributed by atoms with Crippen molar-refractivity contribution in [3.05, 3.63) is 93.1 Å². The average Bonchev–Trinajstić information content (AvgIpc) is 3.44. The van der Waals surface area contributed by atoms with Gasteiger partial charge in [-0.05, 0) is 35.7 Å². The molecule has 0 amide bonds. The lowest BCUT2D eigenvalue weighted by molar-refractivity contribution is -0.384. The Morgan fingerprint density at radius 3 is 2.58 bits per heavy atom. The predicted molar refractivity (Wildman–Crippen MR) is 118 cm³/mol. The molecule has 31 heavy (non-hydrogen) atoms. The third-order valence-corrected chi connectivity index (χ3v) is 7.28. The molecule has 0 radical (unpaired) electrons. The van der Waals surface area contributed by atoms with Gasteiger partial charge in [0.1, 0.15) is 17.0 Å². The summed E-state index contributed by atoms with van der Waals surface area (Å²) in [6.45, 7) is -0.127. The molecule has 0 unspecified atom stereocenters. The maximum Gasteiger partial charge on any atom is 0.289 e. The number of thiophene rings is 1. The number of nitrogens with zero attached hydrogens (tertiary/aromatic N) is 3. The number of nitro groups is 1. The Morgan fingerprint density at radius 2 is 1.90 bits per heavy atom. The highest BCUT2D eigenvalue weighted by Gasteiger charge is 2.29. The number of hydrogen-bond donors (Lipinski definition) is 0. The van der Waals surface area contributed by atoms with Crippen LogP contribution in [0.25, 0.3) is 10.8 Å². The van der Waals surface area contributed by atoms with E-state index < -0.39 is 20.6 Å². The maximum atomic E-state index is 13.5. The van der Waals surface area contributed by atoms with Crippen LogP contribution in [0.2, 0.25) is 5.02 Å². The van der Waals surface area contributed by atoms with Gasteiger partial charge in [-0.3, -0.25) is 14.4 Å². The number of hydrogen-bond acceptors (Lipinski definition) is 7. The minimum atomic E-state index is -4.18. The van der Waals surface area contributed by atoms with Crippen LogP contribution in [0.1, 0.15) is 5.69 Å². The molecule has 2 heterocycles. The molecule has 2 aromatic carbocycles. The number of sulfonamides is 1. The Hall–Kier alpha value is -3.21. The first-order valence-corrected chi connectivity index (χ1v) is 11.6. The predicted octanol–water partition coefficient (Wildman–Crippen LogP) is 5.36. The highest BCUT2D eigenvalue weighted by Crippen LogP contribution is 2.32. The number of halogens is 1. The van der Waals surface area contributed by atoms with E-state index in [1.807, 2.05) is 17.5 Å². The van der Waals surface area contributed by atoms with E-state index in [9.17, 15) is 18.5 Å². The molecule has 0 saturated carbocycles. The zero-order valence-electron chi connectivity index (χ0n) is 15.7. The van der Waals surface area contributed by atoms with Crippen molar-refractivity contribution in [2.45, 2.75) is 11.4 Å². The van der Waals surface area contributed by atoms with Crippen molar-refractivity contribution in [3.8, 4) is 10.8 Å². The Morgan fingerprint density at radius 1 is 1.13 bits per heavy atom. The fourth-order valence-electron chi connectivity index (χ4n) is 2.87. The van der Waals surface area contributed by atoms with Crippen molar-refractivity contribution < 1.29 is 17.8 Å². The molecule has 2 aromatic heterocycles. The molecule has 158 valence electrons. The van der Waals surface area contributed by atoms with Crippen molar-refractivity contribution in [1.29, 1.82) is 0 Å². The van der Waals surface area contributed by atoms with E-state index in [-0.39, 0.29) is 16.5 Å². The Labute approximate surface area is 186 Å². The minimum Gasteiger partial charge on any atom is -0.443 e. The first kappa shape index (κ1) is 21.0. The highest BCUT2D eigenvalue weighted by atomic mass is 35.5. The van der Waals surface area contributed by atoms with E-state index >= 15 is 0 Å². The fraction of sp³-hybridized carbons (Fsp3) is 0.0500. The lowest BCUT2D eigenvalue weighted by atomic mass is 10.3. The quantitative estimate of drug-likeness (QED) is 0.263. The van der Waals surface area contributed by atoms with Crippen LogP contribution >= 0.6 is 22.9 Å². The summed E-state index contributed by atoms with van der Waals surface area (Å²) >= 11 is 7.30. The molecule has 0 N–H and O–H groups in total. The summed E-state index contributed by atoms with van der Waals surface area (Å²) < 4.78 is 33.5. The molecule has 0 saturated heterocycles. The fourth-order valence-corrected chi connectivity index (χ4v) is 5.17. The topological polar surface area (TPSA) is 107 Å². The second-order valence-corrected chi connectivity index (χ2v) is 9.56. The third kappa shape index (κ3) is 4.31. The van der Waals surface area contributed by atoms with Gasteiger partial charge in [0.05, 0.1) is 26.9 Å². The second-order valence-electron chi connectivity index (χ2n) is 6.34. The monoisotopic (exact) mass is 475 g/mol. The van der Waals surface area contributed by atoms with Gasteiger partial charge in [0.15, 0.2) is 0 Å². The van der Waals surface area contributed by atoms with Gasteiger partial charge >= 0.3 is 0 Å². The van der Waals surface area contributed by atoms with Crippen molar-refractivity contribution >= 4 is 44.3 Å². The van der Waals surface area contributed by atoms with E-state index in [1.165, 1.54) is 29.7 Å². The molecular weight excluding hydrogens is 462 g/mol. The van der Waals surface area contributed by atoms with Gasteiger partial charge < -0.3 is 4.42 Å².